The van der Waals surface area contributed by atoms with E-state index in [1.54, 1.807) is 12.1 Å². The zero-order valence-electron chi connectivity index (χ0n) is 12.5. The quantitative estimate of drug-likeness (QED) is 0.817. The fraction of sp³-hybridized carbons (Fsp3) is 0.556. The first-order valence-corrected chi connectivity index (χ1v) is 8.10. The number of aromatic carboxylic acids is 1. The molecule has 0 spiro atoms. The Morgan fingerprint density at radius 3 is 2.27 bits per heavy atom. The van der Waals surface area contributed by atoms with E-state index < -0.39 is 5.97 Å². The monoisotopic (exact) mass is 296 g/mol. The molecule has 4 aliphatic carbocycles. The molecule has 0 radical (unpaired) electrons. The predicted molar refractivity (Wildman–Crippen MR) is 84.2 cm³/mol. The van der Waals surface area contributed by atoms with Gasteiger partial charge in [-0.15, -0.1) is 0 Å². The van der Waals surface area contributed by atoms with Crippen LogP contribution in [0.25, 0.3) is 4.85 Å². The number of nitrogens with zero attached hydrogens (tertiary/aromatic N) is 1. The first kappa shape index (κ1) is 13.6. The van der Waals surface area contributed by atoms with Crippen molar-refractivity contribution in [3.8, 4) is 0 Å². The molecule has 4 saturated carbocycles. The van der Waals surface area contributed by atoms with E-state index in [1.807, 2.05) is 0 Å². The summed E-state index contributed by atoms with van der Waals surface area (Å²) in [6.07, 6.45) is 7.77. The molecule has 0 unspecified atom stereocenters. The van der Waals surface area contributed by atoms with Crippen molar-refractivity contribution in [2.45, 2.75) is 44.1 Å². The normalized spacial score (nSPS) is 35.1. The third kappa shape index (κ3) is 2.16. The van der Waals surface area contributed by atoms with E-state index in [1.165, 1.54) is 44.6 Å². The number of carboxylic acid groups (broad SMARTS) is 1. The van der Waals surface area contributed by atoms with E-state index in [4.69, 9.17) is 11.7 Å². The van der Waals surface area contributed by atoms with Gasteiger partial charge in [0.25, 0.3) is 0 Å². The van der Waals surface area contributed by atoms with E-state index in [9.17, 15) is 4.79 Å². The Kier molecular flexibility index (Phi) is 2.94. The number of anilines is 1. The topological polar surface area (TPSA) is 53.7 Å². The molecule has 0 aliphatic heterocycles. The largest absolute Gasteiger partial charge is 0.478 e. The molecule has 4 bridgehead atoms. The molecule has 4 fully saturated rings. The molecular formula is C18H20N2O2. The van der Waals surface area contributed by atoms with Crippen molar-refractivity contribution in [2.24, 2.45) is 17.8 Å². The Bertz CT molecular complexity index is 639. The molecule has 114 valence electrons. The fourth-order valence-electron chi connectivity index (χ4n) is 5.41. The van der Waals surface area contributed by atoms with Crippen LogP contribution in [0.5, 0.6) is 0 Å². The van der Waals surface area contributed by atoms with Gasteiger partial charge in [0.05, 0.1) is 6.57 Å². The summed E-state index contributed by atoms with van der Waals surface area (Å²) >= 11 is 0. The molecule has 4 aliphatic rings. The van der Waals surface area contributed by atoms with Crippen LogP contribution in [-0.2, 0) is 0 Å². The maximum atomic E-state index is 11.1. The van der Waals surface area contributed by atoms with Gasteiger partial charge in [0.15, 0.2) is 0 Å². The highest BCUT2D eigenvalue weighted by atomic mass is 16.4. The second-order valence-corrected chi connectivity index (χ2v) is 7.47. The Labute approximate surface area is 130 Å². The van der Waals surface area contributed by atoms with Crippen molar-refractivity contribution in [1.82, 2.24) is 0 Å². The minimum atomic E-state index is -0.980. The molecule has 4 nitrogen and oxygen atoms in total. The minimum absolute atomic E-state index is 0.138. The van der Waals surface area contributed by atoms with Crippen molar-refractivity contribution in [3.63, 3.8) is 0 Å². The van der Waals surface area contributed by atoms with Crippen LogP contribution >= 0.6 is 0 Å². The van der Waals surface area contributed by atoms with Crippen molar-refractivity contribution < 1.29 is 9.90 Å². The van der Waals surface area contributed by atoms with Crippen molar-refractivity contribution in [2.75, 3.05) is 5.32 Å². The van der Waals surface area contributed by atoms with Crippen molar-refractivity contribution in [1.29, 1.82) is 0 Å². The van der Waals surface area contributed by atoms with Gasteiger partial charge >= 0.3 is 5.97 Å². The summed E-state index contributed by atoms with van der Waals surface area (Å²) in [5, 5.41) is 12.7. The lowest BCUT2D eigenvalue weighted by Crippen LogP contribution is -2.54. The summed E-state index contributed by atoms with van der Waals surface area (Å²) < 4.78 is 0. The van der Waals surface area contributed by atoms with Crippen LogP contribution in [0.2, 0.25) is 0 Å². The third-order valence-electron chi connectivity index (χ3n) is 5.80. The van der Waals surface area contributed by atoms with E-state index >= 15 is 0 Å². The second-order valence-electron chi connectivity index (χ2n) is 7.47. The van der Waals surface area contributed by atoms with Crippen LogP contribution in [0.1, 0.15) is 48.9 Å². The number of rotatable bonds is 3. The lowest BCUT2D eigenvalue weighted by atomic mass is 9.53. The molecule has 0 heterocycles. The first-order valence-electron chi connectivity index (χ1n) is 8.10. The SMILES string of the molecule is [C-]#[N+]c1cc(C(=O)O)ccc1NC12CC3CC(CC(C3)C1)C2. The summed E-state index contributed by atoms with van der Waals surface area (Å²) in [5.41, 5.74) is 1.55. The number of carboxylic acids is 1. The number of hydrogen-bond acceptors (Lipinski definition) is 2. The molecule has 4 heteroatoms. The number of nitrogens with one attached hydrogen (secondary N) is 1. The number of hydrogen-bond donors (Lipinski definition) is 2. The van der Waals surface area contributed by atoms with Crippen LogP contribution in [0.3, 0.4) is 0 Å². The molecule has 0 atom stereocenters. The maximum absolute atomic E-state index is 11.1. The van der Waals surface area contributed by atoms with Gasteiger partial charge in [-0.3, -0.25) is 0 Å². The first-order chi connectivity index (χ1) is 10.6. The minimum Gasteiger partial charge on any atom is -0.478 e. The van der Waals surface area contributed by atoms with Gasteiger partial charge in [-0.1, -0.05) is 0 Å². The van der Waals surface area contributed by atoms with Crippen LogP contribution in [-0.4, -0.2) is 16.6 Å². The lowest BCUT2D eigenvalue weighted by molar-refractivity contribution is 0.0107. The van der Waals surface area contributed by atoms with Crippen molar-refractivity contribution in [3.05, 3.63) is 35.2 Å². The van der Waals surface area contributed by atoms with Crippen molar-refractivity contribution >= 4 is 17.3 Å². The van der Waals surface area contributed by atoms with Gasteiger partial charge in [0.2, 0.25) is 5.69 Å². The standard InChI is InChI=1S/C18H20N2O2/c1-19-16-7-14(17(21)22)2-3-15(16)20-18-8-11-4-12(9-18)6-13(5-11)10-18/h2-3,7,11-13,20H,4-6,8-10H2,(H,21,22). The highest BCUT2D eigenvalue weighted by Crippen LogP contribution is 2.57. The molecule has 0 aromatic heterocycles. The van der Waals surface area contributed by atoms with Gasteiger partial charge in [-0.05, 0) is 74.5 Å². The summed E-state index contributed by atoms with van der Waals surface area (Å²) in [4.78, 5) is 14.6. The fourth-order valence-corrected chi connectivity index (χ4v) is 5.41. The summed E-state index contributed by atoms with van der Waals surface area (Å²) in [7, 11) is 0. The second kappa shape index (κ2) is 4.74. The maximum Gasteiger partial charge on any atom is 0.334 e. The number of carbonyl (C=O) groups is 1. The summed E-state index contributed by atoms with van der Waals surface area (Å²) in [6, 6.07) is 4.85. The lowest BCUT2D eigenvalue weighted by Gasteiger charge is -2.57. The van der Waals surface area contributed by atoms with E-state index in [0.29, 0.717) is 5.69 Å². The van der Waals surface area contributed by atoms with Crippen LogP contribution < -0.4 is 5.32 Å². The zero-order valence-corrected chi connectivity index (χ0v) is 12.5. The Balaban J connectivity index is 1.64. The average molecular weight is 296 g/mol. The van der Waals surface area contributed by atoms with Gasteiger partial charge in [-0.2, -0.15) is 0 Å². The Morgan fingerprint density at radius 2 is 1.77 bits per heavy atom. The zero-order chi connectivity index (χ0) is 15.3. The van der Waals surface area contributed by atoms with Gasteiger partial charge in [0.1, 0.15) is 0 Å². The molecule has 0 saturated heterocycles. The highest BCUT2D eigenvalue weighted by molar-refractivity contribution is 5.91. The van der Waals surface area contributed by atoms with Crippen LogP contribution in [0, 0.1) is 24.3 Å². The van der Waals surface area contributed by atoms with Crippen LogP contribution in [0.15, 0.2) is 18.2 Å². The van der Waals surface area contributed by atoms with Gasteiger partial charge in [0, 0.05) is 16.8 Å². The molecule has 22 heavy (non-hydrogen) atoms. The van der Waals surface area contributed by atoms with E-state index in [2.05, 4.69) is 10.2 Å². The number of benzene rings is 1. The molecule has 0 amide bonds. The summed E-state index contributed by atoms with van der Waals surface area (Å²) in [5.74, 6) is 1.54. The van der Waals surface area contributed by atoms with Gasteiger partial charge < -0.3 is 10.4 Å². The predicted octanol–water partition coefficient (Wildman–Crippen LogP) is 4.32. The molecule has 1 aromatic rings. The highest BCUT2D eigenvalue weighted by Gasteiger charge is 2.50. The molecule has 5 rings (SSSR count). The molecular weight excluding hydrogens is 276 g/mol. The summed E-state index contributed by atoms with van der Waals surface area (Å²) in [6.45, 7) is 7.35. The molecule has 1 aromatic carbocycles. The third-order valence-corrected chi connectivity index (χ3v) is 5.80. The van der Waals surface area contributed by atoms with Crippen LogP contribution in [0.4, 0.5) is 11.4 Å². The van der Waals surface area contributed by atoms with E-state index in [-0.39, 0.29) is 11.1 Å². The average Bonchev–Trinajstić information content (AvgIpc) is 2.45. The Morgan fingerprint density at radius 1 is 1.18 bits per heavy atom. The smallest absolute Gasteiger partial charge is 0.334 e. The van der Waals surface area contributed by atoms with Gasteiger partial charge in [-0.25, -0.2) is 9.64 Å². The molecule has 2 N–H and O–H groups in total. The Hall–Kier alpha value is -2.02. The van der Waals surface area contributed by atoms with E-state index in [0.717, 1.165) is 23.4 Å².